The molecule has 1 aromatic rings. The number of aromatic hydroxyl groups is 1. The van der Waals surface area contributed by atoms with Crippen LogP contribution < -0.4 is 0 Å². The van der Waals surface area contributed by atoms with Gasteiger partial charge in [0, 0.05) is 24.2 Å². The smallest absolute Gasteiger partial charge is 0.120 e. The van der Waals surface area contributed by atoms with Crippen LogP contribution in [0.2, 0.25) is 0 Å². The van der Waals surface area contributed by atoms with Crippen molar-refractivity contribution in [3.05, 3.63) is 29.8 Å². The van der Waals surface area contributed by atoms with Crippen LogP contribution in [0.15, 0.2) is 24.3 Å². The Balaban J connectivity index is 1.87. The second kappa shape index (κ2) is 5.51. The molecule has 1 aliphatic carbocycles. The van der Waals surface area contributed by atoms with Crippen molar-refractivity contribution in [2.24, 2.45) is 0 Å². The van der Waals surface area contributed by atoms with E-state index in [-0.39, 0.29) is 0 Å². The number of hydrogen-bond acceptors (Lipinski definition) is 3. The molecule has 1 N–H and O–H groups in total. The lowest BCUT2D eigenvalue weighted by molar-refractivity contribution is -0.0733. The first-order valence-electron chi connectivity index (χ1n) is 7.46. The van der Waals surface area contributed by atoms with E-state index >= 15 is 0 Å². The number of rotatable bonds is 3. The Morgan fingerprint density at radius 3 is 3.00 bits per heavy atom. The molecule has 3 nitrogen and oxygen atoms in total. The largest absolute Gasteiger partial charge is 0.508 e. The Morgan fingerprint density at radius 2 is 2.21 bits per heavy atom. The van der Waals surface area contributed by atoms with Crippen LogP contribution in [0.5, 0.6) is 5.75 Å². The fourth-order valence-corrected chi connectivity index (χ4v) is 3.74. The van der Waals surface area contributed by atoms with E-state index in [0.29, 0.717) is 23.9 Å². The average molecular weight is 261 g/mol. The highest BCUT2D eigenvalue weighted by Crippen LogP contribution is 2.38. The summed E-state index contributed by atoms with van der Waals surface area (Å²) in [7, 11) is 0. The van der Waals surface area contributed by atoms with Gasteiger partial charge in [0.05, 0.1) is 12.7 Å². The third kappa shape index (κ3) is 2.37. The Hall–Kier alpha value is -1.06. The van der Waals surface area contributed by atoms with Crippen molar-refractivity contribution in [2.45, 2.75) is 50.8 Å². The van der Waals surface area contributed by atoms with Crippen LogP contribution in [0.25, 0.3) is 0 Å². The molecule has 1 saturated heterocycles. The summed E-state index contributed by atoms with van der Waals surface area (Å²) in [6, 6.07) is 8.62. The first-order valence-corrected chi connectivity index (χ1v) is 7.46. The summed E-state index contributed by atoms with van der Waals surface area (Å²) in [5.74, 6) is 0.426. The maximum absolute atomic E-state index is 10.1. The topological polar surface area (TPSA) is 32.7 Å². The maximum Gasteiger partial charge on any atom is 0.120 e. The average Bonchev–Trinajstić information content (AvgIpc) is 2.91. The van der Waals surface area contributed by atoms with Gasteiger partial charge in [0.2, 0.25) is 0 Å². The Bertz CT molecular complexity index is 435. The summed E-state index contributed by atoms with van der Waals surface area (Å²) in [5, 5.41) is 10.1. The lowest BCUT2D eigenvalue weighted by Crippen LogP contribution is -2.49. The third-order valence-corrected chi connectivity index (χ3v) is 4.61. The number of morpholine rings is 1. The SMILES string of the molecule is CCC(c1ccccc1O)N1CCOC2CCCC21. The van der Waals surface area contributed by atoms with Gasteiger partial charge in [0.1, 0.15) is 5.75 Å². The fourth-order valence-electron chi connectivity index (χ4n) is 3.74. The zero-order chi connectivity index (χ0) is 13.2. The minimum absolute atomic E-state index is 0.315. The summed E-state index contributed by atoms with van der Waals surface area (Å²) in [6.45, 7) is 4.01. The van der Waals surface area contributed by atoms with Gasteiger partial charge in [0.15, 0.2) is 0 Å². The predicted molar refractivity (Wildman–Crippen MR) is 75.2 cm³/mol. The number of para-hydroxylation sites is 1. The molecule has 1 aromatic carbocycles. The van der Waals surface area contributed by atoms with Crippen LogP contribution in [0.3, 0.4) is 0 Å². The Kier molecular flexibility index (Phi) is 3.76. The highest BCUT2D eigenvalue weighted by Gasteiger charge is 2.39. The third-order valence-electron chi connectivity index (χ3n) is 4.61. The van der Waals surface area contributed by atoms with E-state index in [9.17, 15) is 5.11 Å². The van der Waals surface area contributed by atoms with Gasteiger partial charge < -0.3 is 9.84 Å². The number of phenols is 1. The van der Waals surface area contributed by atoms with E-state index < -0.39 is 0 Å². The van der Waals surface area contributed by atoms with Gasteiger partial charge in [-0.15, -0.1) is 0 Å². The standard InChI is InChI=1S/C16H23NO2/c1-2-13(12-6-3-4-8-15(12)18)17-10-11-19-16-9-5-7-14(16)17/h3-4,6,8,13-14,16,18H,2,5,7,9-11H2,1H3. The van der Waals surface area contributed by atoms with E-state index in [1.54, 1.807) is 6.07 Å². The molecule has 0 spiro atoms. The monoisotopic (exact) mass is 261 g/mol. The van der Waals surface area contributed by atoms with Gasteiger partial charge in [-0.2, -0.15) is 0 Å². The normalized spacial score (nSPS) is 29.1. The molecule has 2 aliphatic rings. The first-order chi connectivity index (χ1) is 9.31. The Morgan fingerprint density at radius 1 is 1.37 bits per heavy atom. The van der Waals surface area contributed by atoms with Crippen molar-refractivity contribution in [1.82, 2.24) is 4.90 Å². The van der Waals surface area contributed by atoms with Gasteiger partial charge in [-0.05, 0) is 31.7 Å². The number of phenolic OH excluding ortho intramolecular Hbond substituents is 1. The summed E-state index contributed by atoms with van der Waals surface area (Å²) >= 11 is 0. The van der Waals surface area contributed by atoms with Crippen LogP contribution in [0.1, 0.15) is 44.2 Å². The molecule has 1 saturated carbocycles. The van der Waals surface area contributed by atoms with Crippen molar-refractivity contribution in [3.8, 4) is 5.75 Å². The van der Waals surface area contributed by atoms with Crippen LogP contribution in [-0.2, 0) is 4.74 Å². The van der Waals surface area contributed by atoms with E-state index in [2.05, 4.69) is 17.9 Å². The number of hydrogen-bond donors (Lipinski definition) is 1. The summed E-state index contributed by atoms with van der Waals surface area (Å²) in [4.78, 5) is 2.57. The molecule has 1 aliphatic heterocycles. The van der Waals surface area contributed by atoms with Crippen LogP contribution in [0, 0.1) is 0 Å². The molecular weight excluding hydrogens is 238 g/mol. The van der Waals surface area contributed by atoms with Crippen molar-refractivity contribution in [2.75, 3.05) is 13.2 Å². The molecule has 0 amide bonds. The lowest BCUT2D eigenvalue weighted by Gasteiger charge is -2.42. The zero-order valence-electron chi connectivity index (χ0n) is 11.6. The lowest BCUT2D eigenvalue weighted by atomic mass is 9.98. The van der Waals surface area contributed by atoms with Crippen LogP contribution >= 0.6 is 0 Å². The number of ether oxygens (including phenoxy) is 1. The van der Waals surface area contributed by atoms with E-state index in [0.717, 1.165) is 25.1 Å². The molecule has 1 heterocycles. The second-order valence-electron chi connectivity index (χ2n) is 5.63. The van der Waals surface area contributed by atoms with Crippen molar-refractivity contribution in [3.63, 3.8) is 0 Å². The van der Waals surface area contributed by atoms with Crippen LogP contribution in [0.4, 0.5) is 0 Å². The van der Waals surface area contributed by atoms with E-state index in [1.165, 1.54) is 19.3 Å². The fraction of sp³-hybridized carbons (Fsp3) is 0.625. The number of benzene rings is 1. The Labute approximate surface area is 115 Å². The highest BCUT2D eigenvalue weighted by atomic mass is 16.5. The van der Waals surface area contributed by atoms with E-state index in [4.69, 9.17) is 4.74 Å². The minimum atomic E-state index is 0.315. The molecule has 104 valence electrons. The highest BCUT2D eigenvalue weighted by molar-refractivity contribution is 5.34. The first kappa shape index (κ1) is 12.9. The summed E-state index contributed by atoms with van der Waals surface area (Å²) in [5.41, 5.74) is 1.07. The van der Waals surface area contributed by atoms with E-state index in [1.807, 2.05) is 12.1 Å². The molecule has 3 rings (SSSR count). The van der Waals surface area contributed by atoms with Crippen molar-refractivity contribution < 1.29 is 9.84 Å². The van der Waals surface area contributed by atoms with Crippen LogP contribution in [-0.4, -0.2) is 35.3 Å². The van der Waals surface area contributed by atoms with Crippen molar-refractivity contribution >= 4 is 0 Å². The quantitative estimate of drug-likeness (QED) is 0.907. The maximum atomic E-state index is 10.1. The molecule has 0 bridgehead atoms. The van der Waals surface area contributed by atoms with Gasteiger partial charge in [0.25, 0.3) is 0 Å². The molecular formula is C16H23NO2. The molecule has 3 unspecified atom stereocenters. The summed E-state index contributed by atoms with van der Waals surface area (Å²) < 4.78 is 5.89. The number of nitrogens with zero attached hydrogens (tertiary/aromatic N) is 1. The molecule has 3 heteroatoms. The second-order valence-corrected chi connectivity index (χ2v) is 5.63. The molecule has 3 atom stereocenters. The molecule has 0 radical (unpaired) electrons. The molecule has 19 heavy (non-hydrogen) atoms. The van der Waals surface area contributed by atoms with Gasteiger partial charge in [-0.1, -0.05) is 25.1 Å². The van der Waals surface area contributed by atoms with Crippen molar-refractivity contribution in [1.29, 1.82) is 0 Å². The number of fused-ring (bicyclic) bond motifs is 1. The zero-order valence-corrected chi connectivity index (χ0v) is 11.6. The van der Waals surface area contributed by atoms with Gasteiger partial charge in [-0.25, -0.2) is 0 Å². The molecule has 2 fully saturated rings. The molecule has 0 aromatic heterocycles. The summed E-state index contributed by atoms with van der Waals surface area (Å²) in [6.07, 6.45) is 5.13. The minimum Gasteiger partial charge on any atom is -0.508 e. The van der Waals surface area contributed by atoms with Gasteiger partial charge in [-0.3, -0.25) is 4.90 Å². The van der Waals surface area contributed by atoms with Gasteiger partial charge >= 0.3 is 0 Å². The predicted octanol–water partition coefficient (Wildman–Crippen LogP) is 3.10.